The van der Waals surface area contributed by atoms with Crippen molar-refractivity contribution in [1.29, 1.82) is 0 Å². The molecule has 1 heterocycles. The van der Waals surface area contributed by atoms with Crippen molar-refractivity contribution in [2.24, 2.45) is 0 Å². The molecule has 1 aromatic heterocycles. The molecule has 0 aliphatic carbocycles. The SMILES string of the molecule is CCCCCCCCc1ccc(-c2ccc(-c3ncc(OCCCCCCC[CH2][Ge]([CH3])([CH3])[CH3])cn3)cc2)cc1. The van der Waals surface area contributed by atoms with E-state index in [2.05, 4.69) is 82.7 Å². The number of aryl methyl sites for hydroxylation is 1. The topological polar surface area (TPSA) is 35.0 Å². The Bertz CT molecular complexity index is 1040. The van der Waals surface area contributed by atoms with Crippen LogP contribution in [0.1, 0.15) is 89.5 Å². The van der Waals surface area contributed by atoms with Gasteiger partial charge in [-0.05, 0) is 29.5 Å². The molecule has 4 heteroatoms. The zero-order chi connectivity index (χ0) is 27.8. The summed E-state index contributed by atoms with van der Waals surface area (Å²) in [6, 6.07) is 17.6. The molecule has 0 amide bonds. The van der Waals surface area contributed by atoms with E-state index in [-0.39, 0.29) is 0 Å². The number of hydrogen-bond acceptors (Lipinski definition) is 3. The molecular weight excluding hydrogens is 537 g/mol. The summed E-state index contributed by atoms with van der Waals surface area (Å²) in [5.74, 6) is 9.04. The van der Waals surface area contributed by atoms with Crippen molar-refractivity contribution < 1.29 is 4.74 Å². The average molecular weight is 589 g/mol. The van der Waals surface area contributed by atoms with Crippen LogP contribution in [0.15, 0.2) is 60.9 Å². The van der Waals surface area contributed by atoms with Gasteiger partial charge in [0.05, 0.1) is 0 Å². The second kappa shape index (κ2) is 17.5. The summed E-state index contributed by atoms with van der Waals surface area (Å²) < 4.78 is 5.88. The molecule has 0 unspecified atom stereocenters. The molecule has 3 nitrogen and oxygen atoms in total. The molecule has 0 spiro atoms. The third kappa shape index (κ3) is 12.7. The van der Waals surface area contributed by atoms with E-state index in [0.717, 1.165) is 30.2 Å². The number of nitrogens with zero attached hydrogens (tertiary/aromatic N) is 2. The Kier molecular flexibility index (Phi) is 14.1. The molecule has 0 atom stereocenters. The molecule has 0 radical (unpaired) electrons. The van der Waals surface area contributed by atoms with Gasteiger partial charge in [-0.25, -0.2) is 0 Å². The fraction of sp³-hybridized carbons (Fsp3) is 0.543. The molecule has 0 aliphatic rings. The predicted molar refractivity (Wildman–Crippen MR) is 171 cm³/mol. The van der Waals surface area contributed by atoms with Gasteiger partial charge in [-0.3, -0.25) is 0 Å². The van der Waals surface area contributed by atoms with Crippen molar-refractivity contribution in [3.63, 3.8) is 0 Å². The van der Waals surface area contributed by atoms with Gasteiger partial charge in [0.2, 0.25) is 0 Å². The molecule has 3 rings (SSSR count). The first-order valence-corrected chi connectivity index (χ1v) is 23.4. The maximum absolute atomic E-state index is 5.88. The summed E-state index contributed by atoms with van der Waals surface area (Å²) >= 11 is -1.32. The monoisotopic (exact) mass is 590 g/mol. The van der Waals surface area contributed by atoms with Crippen molar-refractivity contribution in [2.75, 3.05) is 6.61 Å². The van der Waals surface area contributed by atoms with Gasteiger partial charge in [-0.15, -0.1) is 0 Å². The van der Waals surface area contributed by atoms with E-state index in [0.29, 0.717) is 0 Å². The molecular formula is C35H52GeN2O. The van der Waals surface area contributed by atoms with Crippen LogP contribution >= 0.6 is 0 Å². The van der Waals surface area contributed by atoms with E-state index in [1.807, 2.05) is 0 Å². The van der Waals surface area contributed by atoms with Crippen LogP contribution in [0.2, 0.25) is 22.5 Å². The van der Waals surface area contributed by atoms with Crippen LogP contribution < -0.4 is 4.74 Å². The van der Waals surface area contributed by atoms with Crippen molar-refractivity contribution in [2.45, 2.75) is 113 Å². The van der Waals surface area contributed by atoms with Gasteiger partial charge >= 0.3 is 114 Å². The Morgan fingerprint density at radius 3 is 1.72 bits per heavy atom. The molecule has 212 valence electrons. The van der Waals surface area contributed by atoms with Crippen LogP contribution in [0.4, 0.5) is 0 Å². The van der Waals surface area contributed by atoms with Crippen LogP contribution in [0.3, 0.4) is 0 Å². The molecule has 0 fully saturated rings. The minimum atomic E-state index is -1.32. The third-order valence-electron chi connectivity index (χ3n) is 7.47. The number of unbranched alkanes of at least 4 members (excludes halogenated alkanes) is 10. The Labute approximate surface area is 241 Å². The zero-order valence-electron chi connectivity index (χ0n) is 25.2. The number of ether oxygens (including phenoxy) is 1. The van der Waals surface area contributed by atoms with Gasteiger partial charge < -0.3 is 0 Å². The second-order valence-electron chi connectivity index (χ2n) is 12.3. The van der Waals surface area contributed by atoms with Crippen molar-refractivity contribution in [3.8, 4) is 28.3 Å². The van der Waals surface area contributed by atoms with Crippen molar-refractivity contribution >= 4 is 13.3 Å². The van der Waals surface area contributed by atoms with Gasteiger partial charge in [0.25, 0.3) is 0 Å². The van der Waals surface area contributed by atoms with Gasteiger partial charge in [0, 0.05) is 5.56 Å². The Hall–Kier alpha value is -2.14. The van der Waals surface area contributed by atoms with Crippen LogP contribution in [0, 0.1) is 0 Å². The summed E-state index contributed by atoms with van der Waals surface area (Å²) in [4.78, 5) is 9.10. The average Bonchev–Trinajstić information content (AvgIpc) is 2.94. The molecule has 2 aromatic carbocycles. The first-order chi connectivity index (χ1) is 18.9. The fourth-order valence-electron chi connectivity index (χ4n) is 4.98. The molecule has 0 bridgehead atoms. The van der Waals surface area contributed by atoms with Crippen LogP contribution in [-0.4, -0.2) is 29.8 Å². The number of rotatable bonds is 19. The first-order valence-electron chi connectivity index (χ1n) is 15.6. The Morgan fingerprint density at radius 2 is 1.10 bits per heavy atom. The van der Waals surface area contributed by atoms with Crippen LogP contribution in [0.5, 0.6) is 5.75 Å². The Balaban J connectivity index is 1.36. The molecule has 3 aromatic rings. The smallest absolute Gasteiger partial charge is 0.0584 e. The van der Waals surface area contributed by atoms with Gasteiger partial charge in [0.15, 0.2) is 5.82 Å². The summed E-state index contributed by atoms with van der Waals surface area (Å²) in [6.07, 6.45) is 20.7. The van der Waals surface area contributed by atoms with Gasteiger partial charge in [0.1, 0.15) is 0 Å². The summed E-state index contributed by atoms with van der Waals surface area (Å²) in [5, 5.41) is 1.51. The summed E-state index contributed by atoms with van der Waals surface area (Å²) in [5.41, 5.74) is 4.95. The maximum atomic E-state index is 5.88. The van der Waals surface area contributed by atoms with Crippen LogP contribution in [-0.2, 0) is 6.42 Å². The van der Waals surface area contributed by atoms with E-state index in [9.17, 15) is 0 Å². The standard InChI is InChI=1S/C35H52GeN2O/c1-5-6-7-8-11-14-17-30-18-20-31(21-19-30)32-22-24-33(25-23-32)35-37-28-34(29-38-35)39-27-16-13-10-9-12-15-26-36(2,3)4/h18-25,28-29H,5-17,26-27H2,1-4H3. The minimum absolute atomic E-state index is 0.738. The van der Waals surface area contributed by atoms with E-state index in [1.54, 1.807) is 12.4 Å². The molecule has 39 heavy (non-hydrogen) atoms. The van der Waals surface area contributed by atoms with Gasteiger partial charge in [-0.2, -0.15) is 0 Å². The second-order valence-corrected chi connectivity index (χ2v) is 24.1. The molecule has 0 saturated carbocycles. The minimum Gasteiger partial charge on any atom is -0.0584 e. The first kappa shape index (κ1) is 31.4. The third-order valence-corrected chi connectivity index (χ3v) is 11.4. The molecule has 0 saturated heterocycles. The van der Waals surface area contributed by atoms with E-state index < -0.39 is 13.3 Å². The number of aromatic nitrogens is 2. The number of hydrogen-bond donors (Lipinski definition) is 0. The summed E-state index contributed by atoms with van der Waals surface area (Å²) in [7, 11) is 0. The van der Waals surface area contributed by atoms with E-state index in [1.165, 1.54) is 99.0 Å². The van der Waals surface area contributed by atoms with E-state index >= 15 is 0 Å². The van der Waals surface area contributed by atoms with Gasteiger partial charge in [-0.1, -0.05) is 87.6 Å². The quantitative estimate of drug-likeness (QED) is 0.103. The van der Waals surface area contributed by atoms with Crippen LogP contribution in [0.25, 0.3) is 22.5 Å². The molecule has 0 N–H and O–H groups in total. The molecule has 0 aliphatic heterocycles. The summed E-state index contributed by atoms with van der Waals surface area (Å²) in [6.45, 7) is 3.02. The van der Waals surface area contributed by atoms with E-state index in [4.69, 9.17) is 4.74 Å². The normalized spacial score (nSPS) is 11.6. The Morgan fingerprint density at radius 1 is 0.590 bits per heavy atom. The zero-order valence-corrected chi connectivity index (χ0v) is 27.3. The fourth-order valence-corrected chi connectivity index (χ4v) is 7.73. The number of benzene rings is 2. The predicted octanol–water partition coefficient (Wildman–Crippen LogP) is 10.8. The van der Waals surface area contributed by atoms with Crippen molar-refractivity contribution in [1.82, 2.24) is 9.97 Å². The van der Waals surface area contributed by atoms with Crippen molar-refractivity contribution in [3.05, 3.63) is 66.5 Å².